The average molecular weight is 194 g/mol. The zero-order chi connectivity index (χ0) is 9.68. The number of hydrogen-bond donors (Lipinski definition) is 1. The molecule has 0 spiro atoms. The third-order valence-electron chi connectivity index (χ3n) is 1.60. The van der Waals surface area contributed by atoms with E-state index in [0.29, 0.717) is 6.04 Å². The van der Waals surface area contributed by atoms with Gasteiger partial charge < -0.3 is 0 Å². The molecule has 13 heavy (non-hydrogen) atoms. The Morgan fingerprint density at radius 3 is 2.92 bits per heavy atom. The van der Waals surface area contributed by atoms with E-state index in [-0.39, 0.29) is 0 Å². The summed E-state index contributed by atoms with van der Waals surface area (Å²) in [6.45, 7) is 4.19. The van der Waals surface area contributed by atoms with E-state index in [1.54, 1.807) is 6.20 Å². The third kappa shape index (κ3) is 3.16. The summed E-state index contributed by atoms with van der Waals surface area (Å²) in [5.74, 6) is 6.87. The predicted molar refractivity (Wildman–Crippen MR) is 58.0 cm³/mol. The molecule has 0 atom stereocenters. The first-order valence-electron chi connectivity index (χ1n) is 4.38. The number of aromatic nitrogens is 2. The Kier molecular flexibility index (Phi) is 3.91. The molecule has 1 rings (SSSR count). The first-order valence-corrected chi connectivity index (χ1v) is 5.01. The third-order valence-corrected chi connectivity index (χ3v) is 1.82. The van der Waals surface area contributed by atoms with Gasteiger partial charge in [-0.15, -0.1) is 0 Å². The topological polar surface area (TPSA) is 17.8 Å². The van der Waals surface area contributed by atoms with Crippen LogP contribution >= 0.6 is 12.6 Å². The largest absolute Gasteiger partial charge is 0.269 e. The van der Waals surface area contributed by atoms with Gasteiger partial charge >= 0.3 is 0 Å². The molecular weight excluding hydrogens is 180 g/mol. The van der Waals surface area contributed by atoms with Gasteiger partial charge in [-0.25, -0.2) is 0 Å². The van der Waals surface area contributed by atoms with E-state index in [1.165, 1.54) is 0 Å². The normalized spacial score (nSPS) is 9.85. The molecule has 0 N–H and O–H groups in total. The predicted octanol–water partition coefficient (Wildman–Crippen LogP) is 2.14. The van der Waals surface area contributed by atoms with Crippen molar-refractivity contribution >= 4 is 12.6 Å². The molecular formula is C10H14N2S. The summed E-state index contributed by atoms with van der Waals surface area (Å²) in [5.41, 5.74) is 0.982. The van der Waals surface area contributed by atoms with Gasteiger partial charge in [0, 0.05) is 24.4 Å². The van der Waals surface area contributed by atoms with Crippen molar-refractivity contribution in [3.05, 3.63) is 18.0 Å². The second kappa shape index (κ2) is 4.98. The van der Waals surface area contributed by atoms with Gasteiger partial charge in [-0.1, -0.05) is 11.8 Å². The summed E-state index contributed by atoms with van der Waals surface area (Å²) in [6, 6.07) is 0.403. The fourth-order valence-electron chi connectivity index (χ4n) is 0.905. The van der Waals surface area contributed by atoms with Crippen LogP contribution < -0.4 is 0 Å². The Labute approximate surface area is 84.7 Å². The number of thiol groups is 1. The first-order chi connectivity index (χ1) is 6.24. The first kappa shape index (κ1) is 10.2. The summed E-state index contributed by atoms with van der Waals surface area (Å²) < 4.78 is 1.91. The van der Waals surface area contributed by atoms with Gasteiger partial charge in [0.15, 0.2) is 0 Å². The molecule has 0 radical (unpaired) electrons. The highest BCUT2D eigenvalue weighted by molar-refractivity contribution is 7.80. The van der Waals surface area contributed by atoms with Gasteiger partial charge in [0.25, 0.3) is 0 Å². The molecule has 0 aliphatic rings. The Morgan fingerprint density at radius 1 is 1.62 bits per heavy atom. The van der Waals surface area contributed by atoms with E-state index in [0.717, 1.165) is 17.7 Å². The smallest absolute Gasteiger partial charge is 0.0646 e. The minimum absolute atomic E-state index is 0.403. The van der Waals surface area contributed by atoms with Crippen molar-refractivity contribution in [1.82, 2.24) is 9.78 Å². The maximum absolute atomic E-state index is 4.19. The van der Waals surface area contributed by atoms with Crippen molar-refractivity contribution in [3.8, 4) is 11.8 Å². The van der Waals surface area contributed by atoms with Gasteiger partial charge in [-0.05, 0) is 13.8 Å². The van der Waals surface area contributed by atoms with Crippen molar-refractivity contribution in [2.45, 2.75) is 26.3 Å². The van der Waals surface area contributed by atoms with Crippen LogP contribution in [-0.4, -0.2) is 15.5 Å². The quantitative estimate of drug-likeness (QED) is 0.564. The maximum Gasteiger partial charge on any atom is 0.0646 e. The molecule has 2 nitrogen and oxygen atoms in total. The second-order valence-electron chi connectivity index (χ2n) is 3.08. The summed E-state index contributed by atoms with van der Waals surface area (Å²) >= 11 is 4.08. The molecule has 0 bridgehead atoms. The van der Waals surface area contributed by atoms with Crippen molar-refractivity contribution < 1.29 is 0 Å². The summed E-state index contributed by atoms with van der Waals surface area (Å²) in [5, 5.41) is 4.19. The molecule has 0 aliphatic carbocycles. The van der Waals surface area contributed by atoms with E-state index in [1.807, 2.05) is 10.9 Å². The van der Waals surface area contributed by atoms with Gasteiger partial charge in [0.05, 0.1) is 11.8 Å². The number of hydrogen-bond acceptors (Lipinski definition) is 2. The van der Waals surface area contributed by atoms with Crippen LogP contribution in [0.15, 0.2) is 12.4 Å². The van der Waals surface area contributed by atoms with Crippen molar-refractivity contribution in [1.29, 1.82) is 0 Å². The summed E-state index contributed by atoms with van der Waals surface area (Å²) in [7, 11) is 0. The highest BCUT2D eigenvalue weighted by Crippen LogP contribution is 2.03. The monoisotopic (exact) mass is 194 g/mol. The van der Waals surface area contributed by atoms with Gasteiger partial charge in [-0.3, -0.25) is 4.68 Å². The van der Waals surface area contributed by atoms with Gasteiger partial charge in [-0.2, -0.15) is 17.7 Å². The minimum atomic E-state index is 0.403. The lowest BCUT2D eigenvalue weighted by Crippen LogP contribution is -1.99. The molecule has 70 valence electrons. The zero-order valence-corrected chi connectivity index (χ0v) is 8.88. The minimum Gasteiger partial charge on any atom is -0.269 e. The van der Waals surface area contributed by atoms with Crippen molar-refractivity contribution in [2.24, 2.45) is 0 Å². The second-order valence-corrected chi connectivity index (χ2v) is 3.53. The Morgan fingerprint density at radius 2 is 2.38 bits per heavy atom. The van der Waals surface area contributed by atoms with Crippen LogP contribution in [0.2, 0.25) is 0 Å². The van der Waals surface area contributed by atoms with Gasteiger partial charge in [0.1, 0.15) is 0 Å². The van der Waals surface area contributed by atoms with Crippen LogP contribution in [0.25, 0.3) is 0 Å². The van der Waals surface area contributed by atoms with E-state index in [4.69, 9.17) is 0 Å². The molecule has 3 heteroatoms. The molecule has 0 amide bonds. The number of nitrogens with zero attached hydrogens (tertiary/aromatic N) is 2. The van der Waals surface area contributed by atoms with Crippen LogP contribution in [0.1, 0.15) is 31.9 Å². The SMILES string of the molecule is CC(C)n1cc(C#CCCS)cn1. The van der Waals surface area contributed by atoms with Crippen LogP contribution in [0.3, 0.4) is 0 Å². The summed E-state index contributed by atoms with van der Waals surface area (Å²) in [4.78, 5) is 0. The van der Waals surface area contributed by atoms with E-state index in [2.05, 4.69) is 43.4 Å². The molecule has 0 saturated heterocycles. The lowest BCUT2D eigenvalue weighted by Gasteiger charge is -2.02. The Bertz CT molecular complexity index is 317. The van der Waals surface area contributed by atoms with Crippen LogP contribution in [-0.2, 0) is 0 Å². The lowest BCUT2D eigenvalue weighted by atomic mass is 10.3. The summed E-state index contributed by atoms with van der Waals surface area (Å²) in [6.07, 6.45) is 4.59. The van der Waals surface area contributed by atoms with Crippen LogP contribution in [0.4, 0.5) is 0 Å². The zero-order valence-electron chi connectivity index (χ0n) is 7.99. The van der Waals surface area contributed by atoms with Crippen LogP contribution in [0.5, 0.6) is 0 Å². The maximum atomic E-state index is 4.19. The van der Waals surface area contributed by atoms with E-state index in [9.17, 15) is 0 Å². The Hall–Kier alpha value is -0.880. The molecule has 0 saturated carbocycles. The molecule has 0 aliphatic heterocycles. The van der Waals surface area contributed by atoms with Crippen molar-refractivity contribution in [3.63, 3.8) is 0 Å². The molecule has 1 aromatic rings. The van der Waals surface area contributed by atoms with E-state index < -0.39 is 0 Å². The van der Waals surface area contributed by atoms with Crippen LogP contribution in [0, 0.1) is 11.8 Å². The van der Waals surface area contributed by atoms with Crippen molar-refractivity contribution in [2.75, 3.05) is 5.75 Å². The average Bonchev–Trinajstić information content (AvgIpc) is 2.53. The molecule has 0 unspecified atom stereocenters. The van der Waals surface area contributed by atoms with Gasteiger partial charge in [0.2, 0.25) is 0 Å². The highest BCUT2D eigenvalue weighted by atomic mass is 32.1. The Balaban J connectivity index is 2.65. The molecule has 0 fully saturated rings. The molecule has 1 heterocycles. The standard InChI is InChI=1S/C10H14N2S/c1-9(2)12-8-10(7-11-12)5-3-4-6-13/h7-9,13H,4,6H2,1-2H3. The lowest BCUT2D eigenvalue weighted by molar-refractivity contribution is 0.532. The fraction of sp³-hybridized carbons (Fsp3) is 0.500. The van der Waals surface area contributed by atoms with E-state index >= 15 is 0 Å². The highest BCUT2D eigenvalue weighted by Gasteiger charge is 1.97. The molecule has 0 aromatic carbocycles. The number of rotatable bonds is 2. The molecule has 1 aromatic heterocycles. The fourth-order valence-corrected chi connectivity index (χ4v) is 1.02.